The van der Waals surface area contributed by atoms with Gasteiger partial charge in [-0.2, -0.15) is 0 Å². The van der Waals surface area contributed by atoms with Crippen LogP contribution in [0.3, 0.4) is 0 Å². The zero-order chi connectivity index (χ0) is 10.3. The monoisotopic (exact) mass is 209 g/mol. The van der Waals surface area contributed by atoms with Crippen molar-refractivity contribution >= 4 is 16.3 Å². The number of nitrogens with two attached hydrogens (primary N) is 1. The van der Waals surface area contributed by atoms with Gasteiger partial charge in [0.25, 0.3) is 0 Å². The molecule has 0 aromatic carbocycles. The lowest BCUT2D eigenvalue weighted by atomic mass is 9.93. The fraction of sp³-hybridized carbons (Fsp3) is 0.500. The lowest BCUT2D eigenvalue weighted by Crippen LogP contribution is -2.15. The lowest BCUT2D eigenvalue weighted by molar-refractivity contribution is 0.561. The SMILES string of the molecule is CC(C)(C)c1csc2ncc(CN)n12. The Hall–Kier alpha value is -0.870. The zero-order valence-electron chi connectivity index (χ0n) is 8.74. The fourth-order valence-electron chi connectivity index (χ4n) is 1.53. The van der Waals surface area contributed by atoms with Gasteiger partial charge in [0.2, 0.25) is 0 Å². The van der Waals surface area contributed by atoms with E-state index in [1.54, 1.807) is 11.3 Å². The molecule has 0 amide bonds. The number of hydrogen-bond acceptors (Lipinski definition) is 3. The minimum atomic E-state index is 0.142. The van der Waals surface area contributed by atoms with Crippen LogP contribution in [0.4, 0.5) is 0 Å². The molecule has 76 valence electrons. The summed E-state index contributed by atoms with van der Waals surface area (Å²) in [5.41, 5.74) is 8.19. The van der Waals surface area contributed by atoms with Gasteiger partial charge in [0.15, 0.2) is 4.96 Å². The van der Waals surface area contributed by atoms with Crippen molar-refractivity contribution in [1.82, 2.24) is 9.38 Å². The van der Waals surface area contributed by atoms with Gasteiger partial charge in [-0.25, -0.2) is 4.98 Å². The molecule has 0 fully saturated rings. The second-order valence-electron chi connectivity index (χ2n) is 4.44. The highest BCUT2D eigenvalue weighted by Crippen LogP contribution is 2.28. The highest BCUT2D eigenvalue weighted by atomic mass is 32.1. The van der Waals surface area contributed by atoms with Crippen LogP contribution < -0.4 is 5.73 Å². The predicted octanol–water partition coefficient (Wildman–Crippen LogP) is 2.15. The van der Waals surface area contributed by atoms with Crippen LogP contribution in [0.1, 0.15) is 32.2 Å². The minimum Gasteiger partial charge on any atom is -0.325 e. The number of aromatic nitrogens is 2. The molecule has 0 saturated heterocycles. The second-order valence-corrected chi connectivity index (χ2v) is 5.28. The number of fused-ring (bicyclic) bond motifs is 1. The van der Waals surface area contributed by atoms with Gasteiger partial charge in [0, 0.05) is 23.0 Å². The highest BCUT2D eigenvalue weighted by Gasteiger charge is 2.20. The summed E-state index contributed by atoms with van der Waals surface area (Å²) in [6, 6.07) is 0. The first-order valence-electron chi connectivity index (χ1n) is 4.68. The Morgan fingerprint density at radius 2 is 2.21 bits per heavy atom. The summed E-state index contributed by atoms with van der Waals surface area (Å²) in [7, 11) is 0. The van der Waals surface area contributed by atoms with E-state index in [9.17, 15) is 0 Å². The van der Waals surface area contributed by atoms with Crippen LogP contribution in [-0.2, 0) is 12.0 Å². The normalized spacial score (nSPS) is 12.6. The Bertz CT molecular complexity index is 447. The molecule has 3 nitrogen and oxygen atoms in total. The van der Waals surface area contributed by atoms with Crippen molar-refractivity contribution in [3.63, 3.8) is 0 Å². The first-order chi connectivity index (χ1) is 6.54. The Kier molecular flexibility index (Phi) is 2.12. The molecule has 2 heterocycles. The van der Waals surface area contributed by atoms with Gasteiger partial charge in [-0.15, -0.1) is 11.3 Å². The van der Waals surface area contributed by atoms with Crippen molar-refractivity contribution in [1.29, 1.82) is 0 Å². The molecular formula is C10H15N3S. The van der Waals surface area contributed by atoms with Gasteiger partial charge in [-0.3, -0.25) is 4.40 Å². The van der Waals surface area contributed by atoms with Crippen molar-refractivity contribution in [3.05, 3.63) is 23.0 Å². The molecular weight excluding hydrogens is 194 g/mol. The van der Waals surface area contributed by atoms with Gasteiger partial charge in [0.1, 0.15) is 0 Å². The lowest BCUT2D eigenvalue weighted by Gasteiger charge is -2.18. The maximum atomic E-state index is 5.68. The third-order valence-electron chi connectivity index (χ3n) is 2.30. The van der Waals surface area contributed by atoms with Gasteiger partial charge >= 0.3 is 0 Å². The van der Waals surface area contributed by atoms with Crippen LogP contribution in [0.2, 0.25) is 0 Å². The molecule has 0 aliphatic heterocycles. The summed E-state index contributed by atoms with van der Waals surface area (Å²) in [6.07, 6.45) is 1.86. The van der Waals surface area contributed by atoms with E-state index in [2.05, 4.69) is 35.5 Å². The first-order valence-corrected chi connectivity index (χ1v) is 5.56. The second kappa shape index (κ2) is 3.07. The van der Waals surface area contributed by atoms with Crippen LogP contribution >= 0.6 is 11.3 Å². The first kappa shape index (κ1) is 9.68. The van der Waals surface area contributed by atoms with Crippen LogP contribution in [0.15, 0.2) is 11.6 Å². The molecule has 0 aliphatic rings. The number of rotatable bonds is 1. The van der Waals surface area contributed by atoms with E-state index in [1.165, 1.54) is 5.69 Å². The smallest absolute Gasteiger partial charge is 0.194 e. The van der Waals surface area contributed by atoms with E-state index in [1.807, 2.05) is 6.20 Å². The molecule has 4 heteroatoms. The third kappa shape index (κ3) is 1.35. The van der Waals surface area contributed by atoms with Crippen molar-refractivity contribution in [2.45, 2.75) is 32.7 Å². The highest BCUT2D eigenvalue weighted by molar-refractivity contribution is 7.15. The van der Waals surface area contributed by atoms with E-state index in [0.717, 1.165) is 10.7 Å². The molecule has 0 radical (unpaired) electrons. The molecule has 0 aliphatic carbocycles. The fourth-order valence-corrected chi connectivity index (χ4v) is 2.64. The van der Waals surface area contributed by atoms with Gasteiger partial charge in [-0.1, -0.05) is 20.8 Å². The summed E-state index contributed by atoms with van der Waals surface area (Å²) in [4.78, 5) is 5.36. The van der Waals surface area contributed by atoms with Crippen molar-refractivity contribution < 1.29 is 0 Å². The zero-order valence-corrected chi connectivity index (χ0v) is 9.56. The summed E-state index contributed by atoms with van der Waals surface area (Å²) in [5, 5.41) is 2.17. The van der Waals surface area contributed by atoms with E-state index >= 15 is 0 Å². The summed E-state index contributed by atoms with van der Waals surface area (Å²) in [5.74, 6) is 0. The number of hydrogen-bond donors (Lipinski definition) is 1. The van der Waals surface area contributed by atoms with Gasteiger partial charge in [0.05, 0.1) is 11.9 Å². The summed E-state index contributed by atoms with van der Waals surface area (Å²) >= 11 is 1.67. The maximum Gasteiger partial charge on any atom is 0.194 e. The summed E-state index contributed by atoms with van der Waals surface area (Å²) < 4.78 is 2.17. The molecule has 0 unspecified atom stereocenters. The number of nitrogens with zero attached hydrogens (tertiary/aromatic N) is 2. The molecule has 14 heavy (non-hydrogen) atoms. The quantitative estimate of drug-likeness (QED) is 0.782. The summed E-state index contributed by atoms with van der Waals surface area (Å²) in [6.45, 7) is 7.15. The van der Waals surface area contributed by atoms with E-state index < -0.39 is 0 Å². The molecule has 0 spiro atoms. The van der Waals surface area contributed by atoms with Crippen molar-refractivity contribution in [3.8, 4) is 0 Å². The third-order valence-corrected chi connectivity index (χ3v) is 3.14. The van der Waals surface area contributed by atoms with E-state index in [-0.39, 0.29) is 5.41 Å². The average Bonchev–Trinajstić information content (AvgIpc) is 2.59. The molecule has 0 atom stereocenters. The van der Waals surface area contributed by atoms with Gasteiger partial charge < -0.3 is 5.73 Å². The van der Waals surface area contributed by atoms with Crippen LogP contribution in [0.5, 0.6) is 0 Å². The van der Waals surface area contributed by atoms with Crippen molar-refractivity contribution in [2.24, 2.45) is 5.73 Å². The Labute approximate surface area is 87.6 Å². The Morgan fingerprint density at radius 3 is 2.79 bits per heavy atom. The molecule has 2 N–H and O–H groups in total. The Balaban J connectivity index is 2.71. The maximum absolute atomic E-state index is 5.68. The van der Waals surface area contributed by atoms with Crippen molar-refractivity contribution in [2.75, 3.05) is 0 Å². The topological polar surface area (TPSA) is 43.3 Å². The van der Waals surface area contributed by atoms with Gasteiger partial charge in [-0.05, 0) is 0 Å². The minimum absolute atomic E-state index is 0.142. The molecule has 0 saturated carbocycles. The Morgan fingerprint density at radius 1 is 1.50 bits per heavy atom. The molecule has 2 aromatic heterocycles. The van der Waals surface area contributed by atoms with Crippen LogP contribution in [-0.4, -0.2) is 9.38 Å². The predicted molar refractivity (Wildman–Crippen MR) is 59.7 cm³/mol. The van der Waals surface area contributed by atoms with Crippen LogP contribution in [0.25, 0.3) is 4.96 Å². The van der Waals surface area contributed by atoms with Crippen LogP contribution in [0, 0.1) is 0 Å². The average molecular weight is 209 g/mol. The van der Waals surface area contributed by atoms with E-state index in [4.69, 9.17) is 5.73 Å². The largest absolute Gasteiger partial charge is 0.325 e. The standard InChI is InChI=1S/C10H15N3S/c1-10(2,3)8-6-14-9-12-5-7(4-11)13(8)9/h5-6H,4,11H2,1-3H3. The van der Waals surface area contributed by atoms with E-state index in [0.29, 0.717) is 6.54 Å². The number of imidazole rings is 1. The number of thiazole rings is 1. The molecule has 2 rings (SSSR count). The molecule has 2 aromatic rings. The molecule has 0 bridgehead atoms.